The standard InChI is InChI=1S/C11H8Cl2N4/c1-17-5-6(4-14-17)11-15-9-2-7(12)8(13)3-10(9)16-11/h2-5H,1H3,(H,15,16). The second-order valence-electron chi connectivity index (χ2n) is 3.77. The van der Waals surface area contributed by atoms with E-state index in [0.717, 1.165) is 22.4 Å². The highest BCUT2D eigenvalue weighted by atomic mass is 35.5. The average molecular weight is 267 g/mol. The molecule has 2 aromatic heterocycles. The Labute approximate surface area is 107 Å². The van der Waals surface area contributed by atoms with Crippen molar-refractivity contribution in [1.29, 1.82) is 0 Å². The fourth-order valence-electron chi connectivity index (χ4n) is 1.69. The van der Waals surface area contributed by atoms with Gasteiger partial charge in [-0.25, -0.2) is 4.98 Å². The molecule has 0 atom stereocenters. The van der Waals surface area contributed by atoms with Crippen LogP contribution in [-0.2, 0) is 7.05 Å². The molecule has 0 saturated carbocycles. The van der Waals surface area contributed by atoms with Gasteiger partial charge in [-0.05, 0) is 12.1 Å². The number of aryl methyl sites for hydroxylation is 1. The number of nitrogens with zero attached hydrogens (tertiary/aromatic N) is 3. The van der Waals surface area contributed by atoms with Crippen LogP contribution in [0.1, 0.15) is 0 Å². The Bertz CT molecular complexity index is 660. The van der Waals surface area contributed by atoms with Crippen LogP contribution in [0, 0.1) is 0 Å². The molecule has 3 aromatic rings. The predicted molar refractivity (Wildman–Crippen MR) is 68.3 cm³/mol. The minimum Gasteiger partial charge on any atom is -0.338 e. The lowest BCUT2D eigenvalue weighted by Crippen LogP contribution is -1.84. The zero-order chi connectivity index (χ0) is 12.0. The number of H-pyrrole nitrogens is 1. The van der Waals surface area contributed by atoms with Crippen LogP contribution in [0.15, 0.2) is 24.5 Å². The van der Waals surface area contributed by atoms with Crippen LogP contribution in [0.4, 0.5) is 0 Å². The molecule has 3 rings (SSSR count). The highest BCUT2D eigenvalue weighted by Gasteiger charge is 2.09. The van der Waals surface area contributed by atoms with Crippen LogP contribution in [0.3, 0.4) is 0 Å². The van der Waals surface area contributed by atoms with Crippen LogP contribution >= 0.6 is 23.2 Å². The SMILES string of the molecule is Cn1cc(-c2nc3cc(Cl)c(Cl)cc3[nH]2)cn1. The zero-order valence-electron chi connectivity index (χ0n) is 8.91. The van der Waals surface area contributed by atoms with Crippen LogP contribution in [0.5, 0.6) is 0 Å². The summed E-state index contributed by atoms with van der Waals surface area (Å²) in [4.78, 5) is 7.63. The van der Waals surface area contributed by atoms with E-state index in [0.29, 0.717) is 10.0 Å². The maximum absolute atomic E-state index is 5.95. The molecule has 0 fully saturated rings. The summed E-state index contributed by atoms with van der Waals surface area (Å²) in [6.07, 6.45) is 3.64. The van der Waals surface area contributed by atoms with Gasteiger partial charge in [0, 0.05) is 13.2 Å². The topological polar surface area (TPSA) is 46.5 Å². The third-order valence-corrected chi connectivity index (χ3v) is 3.22. The number of rotatable bonds is 1. The van der Waals surface area contributed by atoms with Crippen molar-refractivity contribution in [3.63, 3.8) is 0 Å². The van der Waals surface area contributed by atoms with Crippen LogP contribution in [0.2, 0.25) is 10.0 Å². The van der Waals surface area contributed by atoms with Crippen molar-refractivity contribution < 1.29 is 0 Å². The molecule has 0 aliphatic rings. The molecule has 0 aliphatic heterocycles. The summed E-state index contributed by atoms with van der Waals surface area (Å²) in [5, 5.41) is 5.12. The molecule has 0 amide bonds. The van der Waals surface area contributed by atoms with Crippen LogP contribution in [-0.4, -0.2) is 19.7 Å². The monoisotopic (exact) mass is 266 g/mol. The Balaban J connectivity index is 2.19. The van der Waals surface area contributed by atoms with E-state index in [1.807, 2.05) is 13.2 Å². The van der Waals surface area contributed by atoms with E-state index < -0.39 is 0 Å². The van der Waals surface area contributed by atoms with Gasteiger partial charge in [-0.15, -0.1) is 0 Å². The first kappa shape index (κ1) is 10.6. The molecular weight excluding hydrogens is 259 g/mol. The van der Waals surface area contributed by atoms with E-state index >= 15 is 0 Å². The molecule has 2 heterocycles. The molecule has 0 bridgehead atoms. The minimum absolute atomic E-state index is 0.503. The fraction of sp³-hybridized carbons (Fsp3) is 0.0909. The Morgan fingerprint density at radius 3 is 2.71 bits per heavy atom. The maximum Gasteiger partial charge on any atom is 0.141 e. The van der Waals surface area contributed by atoms with Crippen molar-refractivity contribution in [1.82, 2.24) is 19.7 Å². The van der Waals surface area contributed by atoms with Gasteiger partial charge in [0.2, 0.25) is 0 Å². The summed E-state index contributed by atoms with van der Waals surface area (Å²) in [7, 11) is 1.86. The molecule has 1 aromatic carbocycles. The lowest BCUT2D eigenvalue weighted by atomic mass is 10.3. The summed E-state index contributed by atoms with van der Waals surface area (Å²) in [6.45, 7) is 0. The van der Waals surface area contributed by atoms with Crippen molar-refractivity contribution in [3.8, 4) is 11.4 Å². The predicted octanol–water partition coefficient (Wildman–Crippen LogP) is 3.27. The van der Waals surface area contributed by atoms with Gasteiger partial charge in [-0.1, -0.05) is 23.2 Å². The summed E-state index contributed by atoms with van der Waals surface area (Å²) >= 11 is 11.9. The van der Waals surface area contributed by atoms with Gasteiger partial charge in [0.1, 0.15) is 5.82 Å². The summed E-state index contributed by atoms with van der Waals surface area (Å²) < 4.78 is 1.72. The summed E-state index contributed by atoms with van der Waals surface area (Å²) in [6, 6.07) is 3.52. The van der Waals surface area contributed by atoms with E-state index in [2.05, 4.69) is 15.1 Å². The second-order valence-corrected chi connectivity index (χ2v) is 4.59. The van der Waals surface area contributed by atoms with Crippen LogP contribution < -0.4 is 0 Å². The number of hydrogen-bond donors (Lipinski definition) is 1. The largest absolute Gasteiger partial charge is 0.338 e. The first-order valence-electron chi connectivity index (χ1n) is 4.97. The Morgan fingerprint density at radius 2 is 2.00 bits per heavy atom. The first-order chi connectivity index (χ1) is 8.13. The van der Waals surface area contributed by atoms with E-state index in [4.69, 9.17) is 23.2 Å². The van der Waals surface area contributed by atoms with E-state index in [9.17, 15) is 0 Å². The number of halogens is 2. The lowest BCUT2D eigenvalue weighted by Gasteiger charge is -1.93. The van der Waals surface area contributed by atoms with Gasteiger partial charge >= 0.3 is 0 Å². The van der Waals surface area contributed by atoms with Crippen molar-refractivity contribution in [2.75, 3.05) is 0 Å². The number of aromatic amines is 1. The van der Waals surface area contributed by atoms with Crippen molar-refractivity contribution in [3.05, 3.63) is 34.6 Å². The van der Waals surface area contributed by atoms with E-state index in [1.165, 1.54) is 0 Å². The van der Waals surface area contributed by atoms with Crippen molar-refractivity contribution >= 4 is 34.2 Å². The van der Waals surface area contributed by atoms with E-state index in [1.54, 1.807) is 23.0 Å². The second kappa shape index (κ2) is 3.75. The lowest BCUT2D eigenvalue weighted by molar-refractivity contribution is 0.768. The molecule has 0 unspecified atom stereocenters. The molecule has 6 heteroatoms. The molecule has 0 spiro atoms. The first-order valence-corrected chi connectivity index (χ1v) is 5.73. The average Bonchev–Trinajstić information content (AvgIpc) is 2.85. The third-order valence-electron chi connectivity index (χ3n) is 2.50. The summed E-state index contributed by atoms with van der Waals surface area (Å²) in [5.41, 5.74) is 2.58. The van der Waals surface area contributed by atoms with Crippen LogP contribution in [0.25, 0.3) is 22.4 Å². The number of benzene rings is 1. The molecule has 4 nitrogen and oxygen atoms in total. The third kappa shape index (κ3) is 1.79. The zero-order valence-corrected chi connectivity index (χ0v) is 10.4. The van der Waals surface area contributed by atoms with Gasteiger partial charge in [0.05, 0.1) is 32.8 Å². The Morgan fingerprint density at radius 1 is 1.24 bits per heavy atom. The number of nitrogens with one attached hydrogen (secondary N) is 1. The smallest absolute Gasteiger partial charge is 0.141 e. The van der Waals surface area contributed by atoms with Crippen molar-refractivity contribution in [2.45, 2.75) is 0 Å². The number of fused-ring (bicyclic) bond motifs is 1. The molecule has 86 valence electrons. The number of imidazole rings is 1. The van der Waals surface area contributed by atoms with Gasteiger partial charge in [-0.3, -0.25) is 4.68 Å². The minimum atomic E-state index is 0.503. The fourth-order valence-corrected chi connectivity index (χ4v) is 2.01. The highest BCUT2D eigenvalue weighted by Crippen LogP contribution is 2.28. The van der Waals surface area contributed by atoms with Gasteiger partial charge in [0.15, 0.2) is 0 Å². The Hall–Kier alpha value is -1.52. The quantitative estimate of drug-likeness (QED) is 0.735. The molecule has 0 saturated heterocycles. The van der Waals surface area contributed by atoms with Crippen molar-refractivity contribution in [2.24, 2.45) is 7.05 Å². The summed E-state index contributed by atoms with van der Waals surface area (Å²) in [5.74, 6) is 0.756. The number of aromatic nitrogens is 4. The molecule has 0 aliphatic carbocycles. The Kier molecular flexibility index (Phi) is 2.34. The molecule has 0 radical (unpaired) electrons. The molecule has 1 N–H and O–H groups in total. The van der Waals surface area contributed by atoms with E-state index in [-0.39, 0.29) is 0 Å². The number of hydrogen-bond acceptors (Lipinski definition) is 2. The van der Waals surface area contributed by atoms with Gasteiger partial charge < -0.3 is 4.98 Å². The molecular formula is C11H8Cl2N4. The van der Waals surface area contributed by atoms with Gasteiger partial charge in [-0.2, -0.15) is 5.10 Å². The van der Waals surface area contributed by atoms with Gasteiger partial charge in [0.25, 0.3) is 0 Å². The maximum atomic E-state index is 5.95. The normalized spacial score (nSPS) is 11.2. The molecule has 17 heavy (non-hydrogen) atoms. The highest BCUT2D eigenvalue weighted by molar-refractivity contribution is 6.42.